The van der Waals surface area contributed by atoms with Gasteiger partial charge in [-0.2, -0.15) is 0 Å². The Morgan fingerprint density at radius 3 is 2.78 bits per heavy atom. The van der Waals surface area contributed by atoms with Crippen LogP contribution in [0.2, 0.25) is 0 Å². The van der Waals surface area contributed by atoms with Crippen LogP contribution in [0.1, 0.15) is 51.1 Å². The normalized spacial score (nSPS) is 33.2. The lowest BCUT2D eigenvalue weighted by Crippen LogP contribution is -2.41. The summed E-state index contributed by atoms with van der Waals surface area (Å²) in [4.78, 5) is 0. The van der Waals surface area contributed by atoms with Crippen LogP contribution in [0.25, 0.3) is 0 Å². The summed E-state index contributed by atoms with van der Waals surface area (Å²) in [5.74, 6) is 0.531. The molecule has 3 heteroatoms. The monoisotopic (exact) mass is 249 g/mol. The maximum absolute atomic E-state index is 13.2. The average Bonchev–Trinajstić information content (AvgIpc) is 2.56. The molecule has 0 radical (unpaired) electrons. The van der Waals surface area contributed by atoms with E-state index in [2.05, 4.69) is 13.8 Å². The van der Waals surface area contributed by atoms with E-state index in [1.54, 1.807) is 6.07 Å². The molecule has 1 heterocycles. The molecule has 0 amide bonds. The van der Waals surface area contributed by atoms with E-state index in [4.69, 9.17) is 10.5 Å². The molecule has 1 unspecified atom stereocenters. The molecule has 1 saturated carbocycles. The molecule has 2 atom stereocenters. The third kappa shape index (κ3) is 1.91. The predicted octanol–water partition coefficient (Wildman–Crippen LogP) is 3.56. The molecule has 1 aromatic carbocycles. The number of rotatable bonds is 0. The van der Waals surface area contributed by atoms with Gasteiger partial charge < -0.3 is 10.5 Å². The van der Waals surface area contributed by atoms with Crippen LogP contribution in [0.15, 0.2) is 18.2 Å². The van der Waals surface area contributed by atoms with E-state index in [1.807, 2.05) is 0 Å². The zero-order valence-electron chi connectivity index (χ0n) is 11.0. The second-order valence-corrected chi connectivity index (χ2v) is 6.62. The van der Waals surface area contributed by atoms with Crippen LogP contribution in [-0.2, 0) is 0 Å². The van der Waals surface area contributed by atoms with Gasteiger partial charge in [0.05, 0.1) is 0 Å². The van der Waals surface area contributed by atoms with E-state index >= 15 is 0 Å². The molecule has 1 fully saturated rings. The Morgan fingerprint density at radius 2 is 2.11 bits per heavy atom. The Labute approximate surface area is 107 Å². The topological polar surface area (TPSA) is 35.2 Å². The molecule has 1 spiro atoms. The summed E-state index contributed by atoms with van der Waals surface area (Å²) in [6, 6.07) is 4.56. The SMILES string of the molecule is CC1(C)CCC2(C[C@H](N)c3cc(F)ccc3O2)C1. The lowest BCUT2D eigenvalue weighted by atomic mass is 9.83. The number of nitrogens with two attached hydrogens (primary N) is 1. The van der Waals surface area contributed by atoms with E-state index in [9.17, 15) is 4.39 Å². The maximum atomic E-state index is 13.2. The molecule has 18 heavy (non-hydrogen) atoms. The highest BCUT2D eigenvalue weighted by atomic mass is 19.1. The summed E-state index contributed by atoms with van der Waals surface area (Å²) in [5.41, 5.74) is 7.21. The Morgan fingerprint density at radius 1 is 1.33 bits per heavy atom. The van der Waals surface area contributed by atoms with Gasteiger partial charge in [-0.15, -0.1) is 0 Å². The lowest BCUT2D eigenvalue weighted by molar-refractivity contribution is 0.0329. The van der Waals surface area contributed by atoms with Gasteiger partial charge in [0.1, 0.15) is 17.2 Å². The van der Waals surface area contributed by atoms with Gasteiger partial charge in [0, 0.05) is 18.0 Å². The first kappa shape index (κ1) is 12.0. The highest BCUT2D eigenvalue weighted by molar-refractivity contribution is 5.39. The van der Waals surface area contributed by atoms with Gasteiger partial charge in [0.2, 0.25) is 0 Å². The van der Waals surface area contributed by atoms with E-state index in [0.29, 0.717) is 5.41 Å². The van der Waals surface area contributed by atoms with Gasteiger partial charge in [-0.1, -0.05) is 13.8 Å². The second-order valence-electron chi connectivity index (χ2n) is 6.62. The standard InChI is InChI=1S/C15H20FNO/c1-14(2)5-6-15(9-14)8-12(17)11-7-10(16)3-4-13(11)18-15/h3-4,7,12H,5-6,8-9,17H2,1-2H3/t12-,15?/m0/s1. The fraction of sp³-hybridized carbons (Fsp3) is 0.600. The molecular formula is C15H20FNO. The van der Waals surface area contributed by atoms with E-state index in [1.165, 1.54) is 12.1 Å². The van der Waals surface area contributed by atoms with Crippen molar-refractivity contribution in [1.29, 1.82) is 0 Å². The molecule has 1 aliphatic carbocycles. The van der Waals surface area contributed by atoms with Crippen LogP contribution in [0.5, 0.6) is 5.75 Å². The fourth-order valence-electron chi connectivity index (χ4n) is 3.56. The quantitative estimate of drug-likeness (QED) is 0.763. The maximum Gasteiger partial charge on any atom is 0.125 e. The zero-order valence-corrected chi connectivity index (χ0v) is 11.0. The number of hydrogen-bond acceptors (Lipinski definition) is 2. The molecular weight excluding hydrogens is 229 g/mol. The minimum absolute atomic E-state index is 0.113. The smallest absolute Gasteiger partial charge is 0.125 e. The summed E-state index contributed by atoms with van der Waals surface area (Å²) in [6.07, 6.45) is 4.04. The first-order valence-corrected chi connectivity index (χ1v) is 6.63. The van der Waals surface area contributed by atoms with Gasteiger partial charge in [0.15, 0.2) is 0 Å². The van der Waals surface area contributed by atoms with Crippen molar-refractivity contribution in [3.63, 3.8) is 0 Å². The zero-order chi connectivity index (χ0) is 13.0. The third-order valence-electron chi connectivity index (χ3n) is 4.35. The molecule has 0 aromatic heterocycles. The van der Waals surface area contributed by atoms with Gasteiger partial charge >= 0.3 is 0 Å². The number of fused-ring (bicyclic) bond motifs is 1. The van der Waals surface area contributed by atoms with E-state index in [0.717, 1.165) is 37.0 Å². The number of hydrogen-bond donors (Lipinski definition) is 1. The van der Waals surface area contributed by atoms with Crippen molar-refractivity contribution in [3.05, 3.63) is 29.6 Å². The fourth-order valence-corrected chi connectivity index (χ4v) is 3.56. The third-order valence-corrected chi connectivity index (χ3v) is 4.35. The predicted molar refractivity (Wildman–Crippen MR) is 68.9 cm³/mol. The van der Waals surface area contributed by atoms with E-state index in [-0.39, 0.29) is 17.5 Å². The highest BCUT2D eigenvalue weighted by Gasteiger charge is 2.48. The van der Waals surface area contributed by atoms with Crippen LogP contribution in [0, 0.1) is 11.2 Å². The first-order valence-electron chi connectivity index (χ1n) is 6.63. The molecule has 1 aliphatic heterocycles. The first-order chi connectivity index (χ1) is 8.39. The van der Waals surface area contributed by atoms with Gasteiger partial charge in [0.25, 0.3) is 0 Å². The summed E-state index contributed by atoms with van der Waals surface area (Å²) >= 11 is 0. The average molecular weight is 249 g/mol. The van der Waals surface area contributed by atoms with Crippen LogP contribution in [0.3, 0.4) is 0 Å². The number of benzene rings is 1. The molecule has 0 bridgehead atoms. The minimum atomic E-state index is -0.240. The Bertz CT molecular complexity index is 485. The van der Waals surface area contributed by atoms with Crippen LogP contribution >= 0.6 is 0 Å². The van der Waals surface area contributed by atoms with Crippen LogP contribution < -0.4 is 10.5 Å². The van der Waals surface area contributed by atoms with Crippen molar-refractivity contribution in [3.8, 4) is 5.75 Å². The lowest BCUT2D eigenvalue weighted by Gasteiger charge is -2.39. The second kappa shape index (κ2) is 3.70. The van der Waals surface area contributed by atoms with E-state index < -0.39 is 0 Å². The van der Waals surface area contributed by atoms with Crippen molar-refractivity contribution < 1.29 is 9.13 Å². The Hall–Kier alpha value is -1.09. The van der Waals surface area contributed by atoms with Crippen molar-refractivity contribution in [2.45, 2.75) is 51.2 Å². The summed E-state index contributed by atoms with van der Waals surface area (Å²) < 4.78 is 19.4. The number of halogens is 1. The Balaban J connectivity index is 1.95. The van der Waals surface area contributed by atoms with Gasteiger partial charge in [-0.05, 0) is 42.9 Å². The summed E-state index contributed by atoms with van der Waals surface area (Å²) in [7, 11) is 0. The van der Waals surface area contributed by atoms with Crippen LogP contribution in [0.4, 0.5) is 4.39 Å². The molecule has 98 valence electrons. The molecule has 2 N–H and O–H groups in total. The van der Waals surface area contributed by atoms with Crippen molar-refractivity contribution >= 4 is 0 Å². The summed E-state index contributed by atoms with van der Waals surface area (Å²) in [6.45, 7) is 4.55. The number of ether oxygens (including phenoxy) is 1. The Kier molecular flexibility index (Phi) is 2.46. The minimum Gasteiger partial charge on any atom is -0.487 e. The molecule has 2 aliphatic rings. The van der Waals surface area contributed by atoms with Crippen molar-refractivity contribution in [1.82, 2.24) is 0 Å². The molecule has 0 saturated heterocycles. The van der Waals surface area contributed by atoms with Crippen molar-refractivity contribution in [2.24, 2.45) is 11.1 Å². The summed E-state index contributed by atoms with van der Waals surface area (Å²) in [5, 5.41) is 0. The van der Waals surface area contributed by atoms with Gasteiger partial charge in [-0.3, -0.25) is 0 Å². The molecule has 3 rings (SSSR count). The van der Waals surface area contributed by atoms with Crippen molar-refractivity contribution in [2.75, 3.05) is 0 Å². The van der Waals surface area contributed by atoms with Gasteiger partial charge in [-0.25, -0.2) is 4.39 Å². The largest absolute Gasteiger partial charge is 0.487 e. The highest BCUT2D eigenvalue weighted by Crippen LogP contribution is 2.52. The molecule has 1 aromatic rings. The molecule has 2 nitrogen and oxygen atoms in total. The van der Waals surface area contributed by atoms with Crippen LogP contribution in [-0.4, -0.2) is 5.60 Å².